The molecule has 0 atom stereocenters. The molecule has 5 aromatic rings. The molecule has 5 nitrogen and oxygen atoms in total. The summed E-state index contributed by atoms with van der Waals surface area (Å²) in [5.74, 6) is 0.372. The number of hydrazone groups is 1. The molecular formula is C30H21ClN4OS2. The van der Waals surface area contributed by atoms with Gasteiger partial charge in [0.2, 0.25) is 0 Å². The van der Waals surface area contributed by atoms with Crippen molar-refractivity contribution in [3.63, 3.8) is 0 Å². The molecule has 3 heterocycles. The number of nitrogens with zero attached hydrogens (tertiary/aromatic N) is 4. The van der Waals surface area contributed by atoms with E-state index >= 15 is 0 Å². The van der Waals surface area contributed by atoms with E-state index in [-0.39, 0.29) is 5.91 Å². The number of rotatable bonds is 7. The quantitative estimate of drug-likeness (QED) is 0.153. The molecule has 1 aliphatic rings. The van der Waals surface area contributed by atoms with Crippen molar-refractivity contribution in [2.24, 2.45) is 5.10 Å². The van der Waals surface area contributed by atoms with Crippen LogP contribution in [-0.4, -0.2) is 27.2 Å². The number of hydrogen-bond acceptors (Lipinski definition) is 5. The van der Waals surface area contributed by atoms with Gasteiger partial charge in [-0.25, -0.2) is 4.68 Å². The Morgan fingerprint density at radius 3 is 2.26 bits per heavy atom. The van der Waals surface area contributed by atoms with E-state index < -0.39 is 0 Å². The molecule has 0 saturated carbocycles. The van der Waals surface area contributed by atoms with E-state index in [1.165, 1.54) is 5.01 Å². The number of hydrogen-bond donors (Lipinski definition) is 0. The highest BCUT2D eigenvalue weighted by molar-refractivity contribution is 8.00. The minimum Gasteiger partial charge on any atom is -0.267 e. The Morgan fingerprint density at radius 2 is 1.58 bits per heavy atom. The fraction of sp³-hybridized carbons (Fsp3) is 0.0333. The Kier molecular flexibility index (Phi) is 6.96. The third-order valence-corrected chi connectivity index (χ3v) is 8.11. The van der Waals surface area contributed by atoms with Crippen molar-refractivity contribution >= 4 is 58.1 Å². The van der Waals surface area contributed by atoms with Crippen LogP contribution in [0.25, 0.3) is 22.3 Å². The van der Waals surface area contributed by atoms with E-state index in [1.807, 2.05) is 119 Å². The molecule has 0 saturated heterocycles. The molecule has 38 heavy (non-hydrogen) atoms. The van der Waals surface area contributed by atoms with Crippen molar-refractivity contribution < 1.29 is 4.79 Å². The summed E-state index contributed by atoms with van der Waals surface area (Å²) in [5.41, 5.74) is 4.63. The van der Waals surface area contributed by atoms with Gasteiger partial charge in [-0.2, -0.15) is 15.2 Å². The fourth-order valence-electron chi connectivity index (χ4n) is 4.10. The van der Waals surface area contributed by atoms with Crippen molar-refractivity contribution in [1.82, 2.24) is 9.78 Å². The minimum atomic E-state index is -0.160. The second-order valence-electron chi connectivity index (χ2n) is 8.49. The highest BCUT2D eigenvalue weighted by Gasteiger charge is 2.31. The van der Waals surface area contributed by atoms with Gasteiger partial charge < -0.3 is 0 Å². The maximum atomic E-state index is 13.7. The van der Waals surface area contributed by atoms with Crippen LogP contribution in [0.2, 0.25) is 5.02 Å². The van der Waals surface area contributed by atoms with Crippen LogP contribution in [0.5, 0.6) is 0 Å². The van der Waals surface area contributed by atoms with Gasteiger partial charge in [0.05, 0.1) is 27.5 Å². The van der Waals surface area contributed by atoms with Gasteiger partial charge in [-0.05, 0) is 66.1 Å². The number of anilines is 1. The number of benzene rings is 3. The Labute approximate surface area is 233 Å². The maximum Gasteiger partial charge on any atom is 0.280 e. The second kappa shape index (κ2) is 10.8. The largest absolute Gasteiger partial charge is 0.280 e. The predicted octanol–water partition coefficient (Wildman–Crippen LogP) is 7.83. The molecule has 0 unspecified atom stereocenters. The third kappa shape index (κ3) is 5.09. The van der Waals surface area contributed by atoms with E-state index in [0.29, 0.717) is 22.1 Å². The molecule has 0 fully saturated rings. The van der Waals surface area contributed by atoms with E-state index in [2.05, 4.69) is 0 Å². The first kappa shape index (κ1) is 24.4. The zero-order valence-electron chi connectivity index (χ0n) is 20.1. The normalized spacial score (nSPS) is 14.3. The molecule has 6 rings (SSSR count). The molecule has 3 aromatic carbocycles. The lowest BCUT2D eigenvalue weighted by Crippen LogP contribution is -2.21. The first-order chi connectivity index (χ1) is 18.7. The highest BCUT2D eigenvalue weighted by Crippen LogP contribution is 2.33. The fourth-order valence-corrected chi connectivity index (χ4v) is 5.80. The molecule has 186 valence electrons. The summed E-state index contributed by atoms with van der Waals surface area (Å²) in [6, 6.07) is 31.2. The van der Waals surface area contributed by atoms with Crippen molar-refractivity contribution in [1.29, 1.82) is 0 Å². The van der Waals surface area contributed by atoms with Crippen molar-refractivity contribution in [2.75, 3.05) is 10.8 Å². The minimum absolute atomic E-state index is 0.160. The van der Waals surface area contributed by atoms with Crippen LogP contribution in [0.15, 0.2) is 124 Å². The van der Waals surface area contributed by atoms with E-state index in [9.17, 15) is 4.79 Å². The number of amides is 1. The number of halogens is 1. The molecule has 8 heteroatoms. The molecule has 0 spiro atoms. The van der Waals surface area contributed by atoms with Gasteiger partial charge in [-0.3, -0.25) is 4.79 Å². The lowest BCUT2D eigenvalue weighted by atomic mass is 10.1. The summed E-state index contributed by atoms with van der Waals surface area (Å²) >= 11 is 9.30. The van der Waals surface area contributed by atoms with E-state index in [0.717, 1.165) is 32.4 Å². The first-order valence-corrected chi connectivity index (χ1v) is 14.2. The second-order valence-corrected chi connectivity index (χ2v) is 10.9. The van der Waals surface area contributed by atoms with Crippen LogP contribution in [0.1, 0.15) is 5.56 Å². The van der Waals surface area contributed by atoms with Crippen LogP contribution >= 0.6 is 34.7 Å². The molecule has 0 radical (unpaired) electrons. The van der Waals surface area contributed by atoms with E-state index in [1.54, 1.807) is 23.1 Å². The molecule has 1 aliphatic heterocycles. The summed E-state index contributed by atoms with van der Waals surface area (Å²) in [4.78, 5) is 15.8. The number of para-hydroxylation sites is 2. The predicted molar refractivity (Wildman–Crippen MR) is 158 cm³/mol. The summed E-state index contributed by atoms with van der Waals surface area (Å²) < 4.78 is 1.86. The van der Waals surface area contributed by atoms with Gasteiger partial charge in [0, 0.05) is 27.4 Å². The molecule has 0 N–H and O–H groups in total. The Balaban J connectivity index is 1.41. The van der Waals surface area contributed by atoms with Crippen LogP contribution in [0.4, 0.5) is 5.69 Å². The summed E-state index contributed by atoms with van der Waals surface area (Å²) in [6.07, 6.45) is 3.90. The van der Waals surface area contributed by atoms with Crippen LogP contribution < -0.4 is 5.01 Å². The van der Waals surface area contributed by atoms with Gasteiger partial charge >= 0.3 is 0 Å². The van der Waals surface area contributed by atoms with Crippen LogP contribution in [0, 0.1) is 0 Å². The lowest BCUT2D eigenvalue weighted by molar-refractivity contribution is -0.114. The zero-order chi connectivity index (χ0) is 25.9. The number of carbonyl (C=O) groups is 1. The number of aromatic nitrogens is 2. The van der Waals surface area contributed by atoms with Gasteiger partial charge in [-0.15, -0.1) is 23.1 Å². The van der Waals surface area contributed by atoms with Gasteiger partial charge in [0.1, 0.15) is 5.69 Å². The Hall–Kier alpha value is -3.91. The van der Waals surface area contributed by atoms with Crippen LogP contribution in [0.3, 0.4) is 0 Å². The molecule has 0 bridgehead atoms. The number of carbonyl (C=O) groups excluding carboxylic acids is 1. The summed E-state index contributed by atoms with van der Waals surface area (Å²) in [6.45, 7) is 0. The monoisotopic (exact) mass is 552 g/mol. The number of thiophene rings is 1. The van der Waals surface area contributed by atoms with E-state index in [4.69, 9.17) is 21.8 Å². The van der Waals surface area contributed by atoms with Crippen molar-refractivity contribution in [3.8, 4) is 16.3 Å². The third-order valence-electron chi connectivity index (χ3n) is 5.96. The van der Waals surface area contributed by atoms with Gasteiger partial charge in [0.15, 0.2) is 0 Å². The molecule has 0 aliphatic carbocycles. The first-order valence-electron chi connectivity index (χ1n) is 11.9. The SMILES string of the molecule is O=C1C(=Cc2cn(-c3ccccc3)nc2-c2cccs2)C(CSc2ccc(Cl)cc2)=NN1c1ccccc1. The van der Waals surface area contributed by atoms with Gasteiger partial charge in [0.25, 0.3) is 5.91 Å². The van der Waals surface area contributed by atoms with Crippen LogP contribution in [-0.2, 0) is 4.79 Å². The Bertz CT molecular complexity index is 1630. The standard InChI is InChI=1S/C30H21ClN4OS2/c31-22-13-15-25(16-14-22)38-20-27-26(30(36)35(32-27)24-10-5-2-6-11-24)18-21-19-34(23-8-3-1-4-9-23)33-29(21)28-12-7-17-37-28/h1-19H,20H2. The summed E-state index contributed by atoms with van der Waals surface area (Å²) in [7, 11) is 0. The zero-order valence-corrected chi connectivity index (χ0v) is 22.5. The highest BCUT2D eigenvalue weighted by atomic mass is 35.5. The number of thioether (sulfide) groups is 1. The maximum absolute atomic E-state index is 13.7. The molecular weight excluding hydrogens is 532 g/mol. The van der Waals surface area contributed by atoms with Gasteiger partial charge in [-0.1, -0.05) is 54.1 Å². The van der Waals surface area contributed by atoms with Crippen molar-refractivity contribution in [3.05, 3.63) is 125 Å². The Morgan fingerprint density at radius 1 is 0.868 bits per heavy atom. The topological polar surface area (TPSA) is 50.5 Å². The molecule has 2 aromatic heterocycles. The average Bonchev–Trinajstić information content (AvgIpc) is 3.70. The average molecular weight is 553 g/mol. The lowest BCUT2D eigenvalue weighted by Gasteiger charge is -2.10. The van der Waals surface area contributed by atoms with Crippen molar-refractivity contribution in [2.45, 2.75) is 4.90 Å². The molecule has 1 amide bonds. The summed E-state index contributed by atoms with van der Waals surface area (Å²) in [5, 5.41) is 13.9. The smallest absolute Gasteiger partial charge is 0.267 e.